The lowest BCUT2D eigenvalue weighted by molar-refractivity contribution is 0.370. The van der Waals surface area contributed by atoms with Crippen LogP contribution in [-0.2, 0) is 6.54 Å². The normalized spacial score (nSPS) is 12.2. The van der Waals surface area contributed by atoms with Gasteiger partial charge in [-0.2, -0.15) is 0 Å². The third-order valence-electron chi connectivity index (χ3n) is 3.38. The van der Waals surface area contributed by atoms with Crippen molar-refractivity contribution < 1.29 is 4.74 Å². The highest BCUT2D eigenvalue weighted by Gasteiger charge is 2.10. The van der Waals surface area contributed by atoms with Gasteiger partial charge in [0, 0.05) is 18.2 Å². The molecule has 1 unspecified atom stereocenters. The second-order valence-electron chi connectivity index (χ2n) is 4.85. The topological polar surface area (TPSA) is 70.1 Å². The molecule has 106 valence electrons. The minimum absolute atomic E-state index is 0.190. The molecule has 0 aliphatic rings. The van der Waals surface area contributed by atoms with Crippen LogP contribution in [-0.4, -0.2) is 16.9 Å². The van der Waals surface area contributed by atoms with Gasteiger partial charge in [0.05, 0.1) is 13.7 Å². The molecule has 2 rings (SSSR count). The lowest BCUT2D eigenvalue weighted by Gasteiger charge is -2.15. The third-order valence-corrected chi connectivity index (χ3v) is 3.38. The van der Waals surface area contributed by atoms with Crippen molar-refractivity contribution in [1.82, 2.24) is 9.78 Å². The Morgan fingerprint density at radius 3 is 2.65 bits per heavy atom. The van der Waals surface area contributed by atoms with E-state index in [4.69, 9.17) is 10.5 Å². The van der Waals surface area contributed by atoms with Gasteiger partial charge in [0.2, 0.25) is 5.88 Å². The summed E-state index contributed by atoms with van der Waals surface area (Å²) in [6.45, 7) is 4.42. The Labute approximate surface area is 118 Å². The fourth-order valence-corrected chi connectivity index (χ4v) is 1.96. The van der Waals surface area contributed by atoms with E-state index in [0.717, 1.165) is 5.56 Å². The van der Waals surface area contributed by atoms with E-state index in [9.17, 15) is 4.79 Å². The Bertz CT molecular complexity index is 664. The zero-order chi connectivity index (χ0) is 14.7. The lowest BCUT2D eigenvalue weighted by atomic mass is 10.0. The van der Waals surface area contributed by atoms with Crippen molar-refractivity contribution in [2.75, 3.05) is 7.11 Å². The van der Waals surface area contributed by atoms with Crippen molar-refractivity contribution in [3.05, 3.63) is 57.4 Å². The molecule has 5 heteroatoms. The Hall–Kier alpha value is -2.14. The molecular weight excluding hydrogens is 254 g/mol. The van der Waals surface area contributed by atoms with Crippen molar-refractivity contribution in [2.45, 2.75) is 26.4 Å². The van der Waals surface area contributed by atoms with Gasteiger partial charge < -0.3 is 10.5 Å². The van der Waals surface area contributed by atoms with E-state index in [1.165, 1.54) is 29.0 Å². The van der Waals surface area contributed by atoms with Crippen LogP contribution < -0.4 is 16.0 Å². The summed E-state index contributed by atoms with van der Waals surface area (Å²) < 4.78 is 6.35. The number of aromatic nitrogens is 2. The standard InChI is InChI=1S/C15H19N3O2/c1-10-4-5-12(8-11(10)2)13(16)9-18-15(19)7-6-14(17-18)20-3/h4-8,13H,9,16H2,1-3H3. The van der Waals surface area contributed by atoms with E-state index >= 15 is 0 Å². The van der Waals surface area contributed by atoms with E-state index < -0.39 is 0 Å². The van der Waals surface area contributed by atoms with Gasteiger partial charge in [-0.1, -0.05) is 18.2 Å². The van der Waals surface area contributed by atoms with Gasteiger partial charge in [-0.15, -0.1) is 5.10 Å². The maximum Gasteiger partial charge on any atom is 0.267 e. The van der Waals surface area contributed by atoms with Crippen molar-refractivity contribution in [1.29, 1.82) is 0 Å². The van der Waals surface area contributed by atoms with E-state index in [2.05, 4.69) is 12.0 Å². The van der Waals surface area contributed by atoms with Gasteiger partial charge in [0.15, 0.2) is 0 Å². The smallest absolute Gasteiger partial charge is 0.267 e. The van der Waals surface area contributed by atoms with Gasteiger partial charge >= 0.3 is 0 Å². The van der Waals surface area contributed by atoms with Crippen molar-refractivity contribution >= 4 is 0 Å². The Kier molecular flexibility index (Phi) is 4.20. The summed E-state index contributed by atoms with van der Waals surface area (Å²) in [5.41, 5.74) is 9.37. The van der Waals surface area contributed by atoms with Gasteiger partial charge in [-0.3, -0.25) is 4.79 Å². The van der Waals surface area contributed by atoms with E-state index in [1.54, 1.807) is 6.07 Å². The molecule has 5 nitrogen and oxygen atoms in total. The van der Waals surface area contributed by atoms with Gasteiger partial charge in [0.1, 0.15) is 0 Å². The molecule has 0 saturated heterocycles. The first-order valence-corrected chi connectivity index (χ1v) is 6.46. The first-order valence-electron chi connectivity index (χ1n) is 6.46. The quantitative estimate of drug-likeness (QED) is 0.918. The Morgan fingerprint density at radius 1 is 1.25 bits per heavy atom. The SMILES string of the molecule is COc1ccc(=O)n(CC(N)c2ccc(C)c(C)c2)n1. The average Bonchev–Trinajstić information content (AvgIpc) is 2.44. The number of benzene rings is 1. The molecular formula is C15H19N3O2. The molecule has 0 saturated carbocycles. The van der Waals surface area contributed by atoms with Crippen LogP contribution in [0, 0.1) is 13.8 Å². The number of methoxy groups -OCH3 is 1. The largest absolute Gasteiger partial charge is 0.480 e. The monoisotopic (exact) mass is 273 g/mol. The molecule has 2 aromatic rings. The predicted molar refractivity (Wildman–Crippen MR) is 77.9 cm³/mol. The summed E-state index contributed by atoms with van der Waals surface area (Å²) >= 11 is 0. The predicted octanol–water partition coefficient (Wildman–Crippen LogP) is 1.57. The summed E-state index contributed by atoms with van der Waals surface area (Å²) in [5.74, 6) is 0.400. The number of ether oxygens (including phenoxy) is 1. The van der Waals surface area contributed by atoms with Gasteiger partial charge in [-0.25, -0.2) is 4.68 Å². The molecule has 0 aliphatic heterocycles. The van der Waals surface area contributed by atoms with Crippen LogP contribution in [0.5, 0.6) is 5.88 Å². The Morgan fingerprint density at radius 2 is 2.00 bits per heavy atom. The van der Waals surface area contributed by atoms with E-state index in [1.807, 2.05) is 25.1 Å². The molecule has 0 radical (unpaired) electrons. The van der Waals surface area contributed by atoms with E-state index in [-0.39, 0.29) is 11.6 Å². The summed E-state index contributed by atoms with van der Waals surface area (Å²) in [6.07, 6.45) is 0. The molecule has 0 spiro atoms. The van der Waals surface area contributed by atoms with Crippen LogP contribution in [0.15, 0.2) is 35.1 Å². The third kappa shape index (κ3) is 3.05. The van der Waals surface area contributed by atoms with Crippen LogP contribution in [0.25, 0.3) is 0 Å². The zero-order valence-electron chi connectivity index (χ0n) is 12.0. The molecule has 0 bridgehead atoms. The van der Waals surface area contributed by atoms with Crippen molar-refractivity contribution in [3.63, 3.8) is 0 Å². The van der Waals surface area contributed by atoms with E-state index in [0.29, 0.717) is 12.4 Å². The summed E-state index contributed by atoms with van der Waals surface area (Å²) in [5, 5.41) is 4.10. The fraction of sp³-hybridized carbons (Fsp3) is 0.333. The van der Waals surface area contributed by atoms with Crippen LogP contribution >= 0.6 is 0 Å². The summed E-state index contributed by atoms with van der Waals surface area (Å²) in [4.78, 5) is 11.8. The summed E-state index contributed by atoms with van der Waals surface area (Å²) in [7, 11) is 1.51. The average molecular weight is 273 g/mol. The Balaban J connectivity index is 2.24. The fourth-order valence-electron chi connectivity index (χ4n) is 1.96. The molecule has 1 aromatic heterocycles. The second kappa shape index (κ2) is 5.88. The molecule has 20 heavy (non-hydrogen) atoms. The minimum Gasteiger partial charge on any atom is -0.480 e. The second-order valence-corrected chi connectivity index (χ2v) is 4.85. The maximum atomic E-state index is 11.8. The van der Waals surface area contributed by atoms with Crippen LogP contribution in [0.1, 0.15) is 22.7 Å². The van der Waals surface area contributed by atoms with Gasteiger partial charge in [-0.05, 0) is 30.5 Å². The van der Waals surface area contributed by atoms with Crippen LogP contribution in [0.3, 0.4) is 0 Å². The zero-order valence-corrected chi connectivity index (χ0v) is 12.0. The van der Waals surface area contributed by atoms with Crippen molar-refractivity contribution in [3.8, 4) is 5.88 Å². The number of rotatable bonds is 4. The molecule has 0 aliphatic carbocycles. The number of nitrogens with two attached hydrogens (primary N) is 1. The highest BCUT2D eigenvalue weighted by atomic mass is 16.5. The number of aryl methyl sites for hydroxylation is 2. The van der Waals surface area contributed by atoms with Crippen LogP contribution in [0.2, 0.25) is 0 Å². The molecule has 2 N–H and O–H groups in total. The van der Waals surface area contributed by atoms with Crippen molar-refractivity contribution in [2.24, 2.45) is 5.73 Å². The first kappa shape index (κ1) is 14.3. The number of hydrogen-bond donors (Lipinski definition) is 1. The lowest BCUT2D eigenvalue weighted by Crippen LogP contribution is -2.28. The molecule has 1 atom stereocenters. The molecule has 1 heterocycles. The molecule has 0 amide bonds. The maximum absolute atomic E-state index is 11.8. The number of nitrogens with zero attached hydrogens (tertiary/aromatic N) is 2. The highest BCUT2D eigenvalue weighted by Crippen LogP contribution is 2.16. The first-order chi connectivity index (χ1) is 9.51. The van der Waals surface area contributed by atoms with Gasteiger partial charge in [0.25, 0.3) is 5.56 Å². The van der Waals surface area contributed by atoms with Crippen LogP contribution in [0.4, 0.5) is 0 Å². The molecule has 1 aromatic carbocycles. The number of hydrogen-bond acceptors (Lipinski definition) is 4. The minimum atomic E-state index is -0.286. The summed E-state index contributed by atoms with van der Waals surface area (Å²) in [6, 6.07) is 8.75. The molecule has 0 fully saturated rings. The highest BCUT2D eigenvalue weighted by molar-refractivity contribution is 5.31.